The number of anilines is 1. The number of thiol groups is 1. The van der Waals surface area contributed by atoms with Crippen molar-refractivity contribution < 1.29 is 4.21 Å². The van der Waals surface area contributed by atoms with E-state index in [0.29, 0.717) is 0 Å². The highest BCUT2D eigenvalue weighted by Crippen LogP contribution is 2.34. The van der Waals surface area contributed by atoms with Gasteiger partial charge in [0.25, 0.3) is 0 Å². The Labute approximate surface area is 81.5 Å². The topological polar surface area (TPSA) is 29.1 Å². The van der Waals surface area contributed by atoms with Gasteiger partial charge in [0.2, 0.25) is 0 Å². The van der Waals surface area contributed by atoms with E-state index in [1.54, 1.807) is 0 Å². The Kier molecular flexibility index (Phi) is 2.39. The molecule has 0 saturated heterocycles. The van der Waals surface area contributed by atoms with Crippen LogP contribution in [-0.2, 0) is 9.55 Å². The van der Waals surface area contributed by atoms with Crippen LogP contribution in [0, 0.1) is 0 Å². The molecule has 1 aromatic rings. The van der Waals surface area contributed by atoms with Crippen molar-refractivity contribution in [2.75, 3.05) is 17.6 Å². The summed E-state index contributed by atoms with van der Waals surface area (Å²) in [6.07, 6.45) is 0.982. The smallest absolute Gasteiger partial charge is 0.0487 e. The van der Waals surface area contributed by atoms with Gasteiger partial charge in [0, 0.05) is 22.9 Å². The molecule has 0 radical (unpaired) electrons. The van der Waals surface area contributed by atoms with Crippen LogP contribution in [-0.4, -0.2) is 16.5 Å². The Hall–Kier alpha value is -0.400. The van der Waals surface area contributed by atoms with Crippen LogP contribution in [0.2, 0.25) is 0 Å². The quantitative estimate of drug-likeness (QED) is 0.509. The second kappa shape index (κ2) is 3.39. The molecule has 4 heteroatoms. The van der Waals surface area contributed by atoms with Crippen molar-refractivity contribution in [1.82, 2.24) is 0 Å². The molecule has 13 heavy (non-hydrogen) atoms. The van der Waals surface area contributed by atoms with E-state index in [4.69, 9.17) is 0 Å². The van der Waals surface area contributed by atoms with Crippen LogP contribution in [0.3, 0.4) is 0 Å². The molecule has 1 heterocycles. The summed E-state index contributed by atoms with van der Waals surface area (Å²) in [6, 6.07) is 7.88. The maximum Gasteiger partial charge on any atom is 0.0487 e. The Morgan fingerprint density at radius 1 is 1.38 bits per heavy atom. The number of nitrogens with one attached hydrogen (secondary N) is 1. The highest BCUT2D eigenvalue weighted by Gasteiger charge is 2.18. The minimum atomic E-state index is -2.17. The lowest BCUT2D eigenvalue weighted by molar-refractivity contribution is 0.680. The van der Waals surface area contributed by atoms with E-state index >= 15 is 0 Å². The predicted molar refractivity (Wildman–Crippen MR) is 61.9 cm³/mol. The van der Waals surface area contributed by atoms with E-state index in [9.17, 15) is 4.21 Å². The van der Waals surface area contributed by atoms with Gasteiger partial charge in [-0.25, -0.2) is 0 Å². The molecule has 2 rings (SSSR count). The molecule has 0 spiro atoms. The lowest BCUT2D eigenvalue weighted by Gasteiger charge is -2.17. The Balaban J connectivity index is 2.55. The molecule has 1 N–H and O–H groups in total. The SMILES string of the molecule is O=[SH]1(P)CCCNc2ccccc21. The van der Waals surface area contributed by atoms with Crippen LogP contribution < -0.4 is 5.32 Å². The zero-order valence-corrected chi connectivity index (χ0v) is 9.41. The van der Waals surface area contributed by atoms with Gasteiger partial charge < -0.3 is 5.32 Å². The fourth-order valence-electron chi connectivity index (χ4n) is 1.61. The average Bonchev–Trinajstić information content (AvgIpc) is 2.26. The average molecular weight is 215 g/mol. The predicted octanol–water partition coefficient (Wildman–Crippen LogP) is 1.67. The van der Waals surface area contributed by atoms with Gasteiger partial charge in [-0.1, -0.05) is 30.1 Å². The largest absolute Gasteiger partial charge is 0.384 e. The summed E-state index contributed by atoms with van der Waals surface area (Å²) in [5.74, 6) is 0.793. The highest BCUT2D eigenvalue weighted by atomic mass is 32.8. The molecule has 1 atom stereocenters. The molecular formula is C9H14NOPS. The van der Waals surface area contributed by atoms with Gasteiger partial charge in [-0.3, -0.25) is 4.21 Å². The number of hydrogen-bond acceptors (Lipinski definition) is 2. The van der Waals surface area contributed by atoms with Crippen molar-refractivity contribution in [1.29, 1.82) is 0 Å². The second-order valence-corrected chi connectivity index (χ2v) is 8.34. The lowest BCUT2D eigenvalue weighted by Crippen LogP contribution is -2.06. The van der Waals surface area contributed by atoms with Crippen molar-refractivity contribution in [3.05, 3.63) is 24.3 Å². The fraction of sp³-hybridized carbons (Fsp3) is 0.333. The summed E-state index contributed by atoms with van der Waals surface area (Å²) in [5, 5.41) is 3.30. The zero-order valence-electron chi connectivity index (χ0n) is 7.36. The monoisotopic (exact) mass is 215 g/mol. The number of rotatable bonds is 0. The van der Waals surface area contributed by atoms with E-state index in [1.807, 2.05) is 24.3 Å². The van der Waals surface area contributed by atoms with Gasteiger partial charge in [-0.15, -0.1) is 0 Å². The van der Waals surface area contributed by atoms with E-state index in [-0.39, 0.29) is 0 Å². The van der Waals surface area contributed by atoms with E-state index < -0.39 is 9.55 Å². The molecule has 0 fully saturated rings. The van der Waals surface area contributed by atoms with Crippen LogP contribution in [0.1, 0.15) is 6.42 Å². The maximum absolute atomic E-state index is 12.2. The van der Waals surface area contributed by atoms with Crippen molar-refractivity contribution in [3.63, 3.8) is 0 Å². The second-order valence-electron chi connectivity index (χ2n) is 3.32. The molecule has 0 bridgehead atoms. The lowest BCUT2D eigenvalue weighted by atomic mass is 10.3. The Morgan fingerprint density at radius 2 is 2.15 bits per heavy atom. The standard InChI is InChI=1S/C9H14NOPS/c11-13(12)7-3-6-10-8-4-1-2-5-9(8)13/h1-2,4-5,10,13H,3,6-7,12H2. The Morgan fingerprint density at radius 3 is 3.00 bits per heavy atom. The third kappa shape index (κ3) is 1.77. The number of hydrogen-bond donors (Lipinski definition) is 2. The van der Waals surface area contributed by atoms with E-state index in [1.165, 1.54) is 0 Å². The summed E-state index contributed by atoms with van der Waals surface area (Å²) in [5.41, 5.74) is 1.04. The first kappa shape index (κ1) is 9.17. The first-order valence-electron chi connectivity index (χ1n) is 4.41. The first-order valence-corrected chi connectivity index (χ1v) is 7.92. The minimum Gasteiger partial charge on any atom is -0.384 e. The number of fused-ring (bicyclic) bond motifs is 1. The fourth-order valence-corrected chi connectivity index (χ4v) is 4.60. The third-order valence-electron chi connectivity index (χ3n) is 2.29. The summed E-state index contributed by atoms with van der Waals surface area (Å²) >= 11 is 0. The van der Waals surface area contributed by atoms with Crippen LogP contribution in [0.4, 0.5) is 5.69 Å². The highest BCUT2D eigenvalue weighted by molar-refractivity contribution is 8.45. The molecule has 2 nitrogen and oxygen atoms in total. The molecule has 1 aliphatic rings. The normalized spacial score (nSPS) is 22.2. The van der Waals surface area contributed by atoms with Gasteiger partial charge in [0.1, 0.15) is 0 Å². The summed E-state index contributed by atoms with van der Waals surface area (Å²) in [4.78, 5) is 0.984. The summed E-state index contributed by atoms with van der Waals surface area (Å²) < 4.78 is 12.2. The third-order valence-corrected chi connectivity index (χ3v) is 6.09. The molecule has 0 saturated carbocycles. The molecule has 0 amide bonds. The number of para-hydroxylation sites is 1. The molecule has 0 aliphatic carbocycles. The van der Waals surface area contributed by atoms with Gasteiger partial charge in [-0.05, 0) is 18.6 Å². The molecule has 1 unspecified atom stereocenters. The van der Waals surface area contributed by atoms with Crippen molar-refractivity contribution >= 4 is 23.7 Å². The van der Waals surface area contributed by atoms with Crippen molar-refractivity contribution in [3.8, 4) is 0 Å². The van der Waals surface area contributed by atoms with Crippen LogP contribution in [0.5, 0.6) is 0 Å². The molecule has 72 valence electrons. The summed E-state index contributed by atoms with van der Waals surface area (Å²) in [6.45, 7) is 0.926. The molecule has 1 aliphatic heterocycles. The van der Waals surface area contributed by atoms with Crippen molar-refractivity contribution in [2.45, 2.75) is 11.3 Å². The molecular weight excluding hydrogens is 201 g/mol. The van der Waals surface area contributed by atoms with Gasteiger partial charge >= 0.3 is 0 Å². The molecule has 1 aromatic carbocycles. The minimum absolute atomic E-state index is 0.793. The Bertz CT molecular complexity index is 366. The molecule has 0 aromatic heterocycles. The van der Waals surface area contributed by atoms with Gasteiger partial charge in [0.15, 0.2) is 0 Å². The van der Waals surface area contributed by atoms with Crippen molar-refractivity contribution in [2.24, 2.45) is 0 Å². The van der Waals surface area contributed by atoms with E-state index in [0.717, 1.165) is 29.3 Å². The maximum atomic E-state index is 12.2. The van der Waals surface area contributed by atoms with Crippen LogP contribution >= 0.6 is 8.44 Å². The zero-order chi connectivity index (χ0) is 9.31. The summed E-state index contributed by atoms with van der Waals surface area (Å²) in [7, 11) is 0.375. The van der Waals surface area contributed by atoms with Crippen LogP contribution in [0.15, 0.2) is 29.2 Å². The van der Waals surface area contributed by atoms with Crippen LogP contribution in [0.25, 0.3) is 0 Å². The van der Waals surface area contributed by atoms with E-state index in [2.05, 4.69) is 13.8 Å². The number of benzene rings is 1. The van der Waals surface area contributed by atoms with Gasteiger partial charge in [-0.2, -0.15) is 0 Å². The first-order chi connectivity index (χ1) is 6.20. The van der Waals surface area contributed by atoms with Gasteiger partial charge in [0.05, 0.1) is 0 Å².